The van der Waals surface area contributed by atoms with Gasteiger partial charge in [0.15, 0.2) is 0 Å². The van der Waals surface area contributed by atoms with Gasteiger partial charge in [0.25, 0.3) is 0 Å². The molecule has 1 N–H and O–H groups in total. The predicted molar refractivity (Wildman–Crippen MR) is 93.7 cm³/mol. The number of imidazole rings is 1. The third-order valence-corrected chi connectivity index (χ3v) is 4.73. The minimum Gasteiger partial charge on any atom is -0.469 e. The molecule has 0 unspecified atom stereocenters. The lowest BCUT2D eigenvalue weighted by Crippen LogP contribution is -2.57. The number of carbonyl (C=O) groups is 3. The fraction of sp³-hybridized carbons (Fsp3) is 0.647. The normalized spacial score (nSPS) is 17.7. The highest BCUT2D eigenvalue weighted by Crippen LogP contribution is 2.16. The average Bonchev–Trinajstić information content (AvgIpc) is 3.22. The van der Waals surface area contributed by atoms with E-state index in [0.29, 0.717) is 32.6 Å². The fourth-order valence-electron chi connectivity index (χ4n) is 3.20. The lowest BCUT2D eigenvalue weighted by Gasteiger charge is -2.40. The second-order valence-corrected chi connectivity index (χ2v) is 6.21. The molecule has 150 valence electrons. The number of hydrogen-bond acceptors (Lipinski definition) is 9. The summed E-state index contributed by atoms with van der Waals surface area (Å²) in [7, 11) is 3.94. The van der Waals surface area contributed by atoms with Crippen LogP contribution in [-0.4, -0.2) is 97.3 Å². The van der Waals surface area contributed by atoms with Crippen molar-refractivity contribution in [2.45, 2.75) is 24.9 Å². The number of rotatable bonds is 8. The van der Waals surface area contributed by atoms with E-state index in [1.165, 1.54) is 21.3 Å². The Kier molecular flexibility index (Phi) is 7.74. The van der Waals surface area contributed by atoms with Crippen molar-refractivity contribution in [3.63, 3.8) is 0 Å². The molecule has 0 bridgehead atoms. The van der Waals surface area contributed by atoms with E-state index in [-0.39, 0.29) is 12.4 Å². The zero-order chi connectivity index (χ0) is 19.8. The van der Waals surface area contributed by atoms with E-state index in [2.05, 4.69) is 14.7 Å². The molecular weight excluding hydrogens is 356 g/mol. The monoisotopic (exact) mass is 382 g/mol. The molecule has 10 nitrogen and oxygen atoms in total. The third-order valence-electron chi connectivity index (χ3n) is 4.73. The number of nitrogens with one attached hydrogen (secondary N) is 1. The fourth-order valence-corrected chi connectivity index (χ4v) is 3.20. The molecular formula is C17H26N4O6. The molecule has 1 aliphatic heterocycles. The standard InChI is InChI=1S/C17H26N4O6/c1-25-15(22)9-14(17(24)27-3)21-6-4-20(5-7-21)13(16(23)26-2)8-12-10-18-11-19-12/h10-11,13-14H,4-9H2,1-3H3,(H,18,19)/t13-,14-/m0/s1. The molecule has 2 heterocycles. The van der Waals surface area contributed by atoms with Gasteiger partial charge >= 0.3 is 17.9 Å². The van der Waals surface area contributed by atoms with E-state index in [4.69, 9.17) is 9.47 Å². The Bertz CT molecular complexity index is 627. The number of ether oxygens (including phenoxy) is 3. The molecule has 0 amide bonds. The van der Waals surface area contributed by atoms with Crippen molar-refractivity contribution in [2.75, 3.05) is 47.5 Å². The second kappa shape index (κ2) is 10.0. The predicted octanol–water partition coefficient (Wildman–Crippen LogP) is -0.784. The van der Waals surface area contributed by atoms with Crippen LogP contribution in [0.3, 0.4) is 0 Å². The smallest absolute Gasteiger partial charge is 0.323 e. The van der Waals surface area contributed by atoms with Crippen molar-refractivity contribution >= 4 is 17.9 Å². The topological polar surface area (TPSA) is 114 Å². The van der Waals surface area contributed by atoms with Gasteiger partial charge in [-0.15, -0.1) is 0 Å². The van der Waals surface area contributed by atoms with Crippen LogP contribution in [0.5, 0.6) is 0 Å². The highest BCUT2D eigenvalue weighted by molar-refractivity contribution is 5.82. The van der Waals surface area contributed by atoms with Crippen molar-refractivity contribution in [1.29, 1.82) is 0 Å². The summed E-state index contributed by atoms with van der Waals surface area (Å²) in [5, 5.41) is 0. The van der Waals surface area contributed by atoms with E-state index in [9.17, 15) is 14.4 Å². The Labute approximate surface area is 157 Å². The molecule has 1 aromatic heterocycles. The van der Waals surface area contributed by atoms with E-state index >= 15 is 0 Å². The lowest BCUT2D eigenvalue weighted by molar-refractivity contribution is -0.155. The minimum atomic E-state index is -0.700. The number of aromatic amines is 1. The quantitative estimate of drug-likeness (QED) is 0.456. The zero-order valence-corrected chi connectivity index (χ0v) is 15.8. The maximum absolute atomic E-state index is 12.2. The molecule has 2 rings (SSSR count). The van der Waals surface area contributed by atoms with Crippen LogP contribution in [0.2, 0.25) is 0 Å². The van der Waals surface area contributed by atoms with Crippen LogP contribution in [-0.2, 0) is 35.0 Å². The molecule has 1 aliphatic rings. The highest BCUT2D eigenvalue weighted by atomic mass is 16.5. The van der Waals surface area contributed by atoms with Crippen molar-refractivity contribution < 1.29 is 28.6 Å². The number of esters is 3. The SMILES string of the molecule is COC(=O)C[C@@H](C(=O)OC)N1CCN([C@@H](Cc2cnc[nH]2)C(=O)OC)CC1. The third kappa shape index (κ3) is 5.51. The van der Waals surface area contributed by atoms with Crippen molar-refractivity contribution in [1.82, 2.24) is 19.8 Å². The first-order valence-corrected chi connectivity index (χ1v) is 8.68. The summed E-state index contributed by atoms with van der Waals surface area (Å²) in [6.45, 7) is 2.10. The number of aromatic nitrogens is 2. The number of hydrogen-bond donors (Lipinski definition) is 1. The molecule has 0 radical (unpaired) electrons. The van der Waals surface area contributed by atoms with Gasteiger partial charge in [-0.05, 0) is 0 Å². The Balaban J connectivity index is 2.02. The molecule has 1 saturated heterocycles. The maximum atomic E-state index is 12.2. The first-order chi connectivity index (χ1) is 13.0. The van der Waals surface area contributed by atoms with Gasteiger partial charge in [-0.2, -0.15) is 0 Å². The lowest BCUT2D eigenvalue weighted by atomic mass is 10.1. The number of nitrogens with zero attached hydrogens (tertiary/aromatic N) is 3. The Hall–Kier alpha value is -2.46. The Morgan fingerprint density at radius 3 is 2.04 bits per heavy atom. The van der Waals surface area contributed by atoms with E-state index in [1.807, 2.05) is 9.80 Å². The molecule has 0 aromatic carbocycles. The van der Waals surface area contributed by atoms with Crippen molar-refractivity contribution in [2.24, 2.45) is 0 Å². The van der Waals surface area contributed by atoms with Crippen LogP contribution in [0.25, 0.3) is 0 Å². The number of piperazine rings is 1. The second-order valence-electron chi connectivity index (χ2n) is 6.21. The maximum Gasteiger partial charge on any atom is 0.323 e. The van der Waals surface area contributed by atoms with Gasteiger partial charge in [0.2, 0.25) is 0 Å². The summed E-state index contributed by atoms with van der Waals surface area (Å²) < 4.78 is 14.4. The van der Waals surface area contributed by atoms with Crippen LogP contribution in [0.1, 0.15) is 12.1 Å². The van der Waals surface area contributed by atoms with Gasteiger partial charge in [0.1, 0.15) is 12.1 Å². The summed E-state index contributed by atoms with van der Waals surface area (Å²) >= 11 is 0. The summed E-state index contributed by atoms with van der Waals surface area (Å²) in [4.78, 5) is 46.8. The molecule has 0 spiro atoms. The molecule has 27 heavy (non-hydrogen) atoms. The van der Waals surface area contributed by atoms with E-state index in [0.717, 1.165) is 5.69 Å². The van der Waals surface area contributed by atoms with Crippen molar-refractivity contribution in [3.8, 4) is 0 Å². The number of methoxy groups -OCH3 is 3. The Morgan fingerprint density at radius 1 is 1.00 bits per heavy atom. The zero-order valence-electron chi connectivity index (χ0n) is 15.8. The first kappa shape index (κ1) is 20.8. The molecule has 0 aliphatic carbocycles. The molecule has 10 heteroatoms. The van der Waals surface area contributed by atoms with Crippen LogP contribution in [0.4, 0.5) is 0 Å². The molecule has 2 atom stereocenters. The summed E-state index contributed by atoms with van der Waals surface area (Å²) in [6.07, 6.45) is 3.62. The Morgan fingerprint density at radius 2 is 1.56 bits per heavy atom. The highest BCUT2D eigenvalue weighted by Gasteiger charge is 2.35. The summed E-state index contributed by atoms with van der Waals surface area (Å²) in [5.41, 5.74) is 0.839. The van der Waals surface area contributed by atoms with Crippen molar-refractivity contribution in [3.05, 3.63) is 18.2 Å². The molecule has 0 saturated carbocycles. The molecule has 1 aromatic rings. The van der Waals surface area contributed by atoms with Gasteiger partial charge < -0.3 is 19.2 Å². The van der Waals surface area contributed by atoms with Crippen LogP contribution >= 0.6 is 0 Å². The number of carbonyl (C=O) groups excluding carboxylic acids is 3. The van der Waals surface area contributed by atoms with Gasteiger partial charge in [-0.3, -0.25) is 24.2 Å². The van der Waals surface area contributed by atoms with E-state index in [1.54, 1.807) is 12.5 Å². The van der Waals surface area contributed by atoms with Crippen LogP contribution < -0.4 is 0 Å². The van der Waals surface area contributed by atoms with Crippen LogP contribution in [0, 0.1) is 0 Å². The summed E-state index contributed by atoms with van der Waals surface area (Å²) in [5.74, 6) is -1.27. The van der Waals surface area contributed by atoms with Gasteiger partial charge in [0, 0.05) is 44.5 Å². The largest absolute Gasteiger partial charge is 0.469 e. The summed E-state index contributed by atoms with van der Waals surface area (Å²) in [6, 6.07) is -1.15. The molecule has 1 fully saturated rings. The van der Waals surface area contributed by atoms with Gasteiger partial charge in [0.05, 0.1) is 34.1 Å². The minimum absolute atomic E-state index is 0.0717. The van der Waals surface area contributed by atoms with Gasteiger partial charge in [-0.25, -0.2) is 4.98 Å². The van der Waals surface area contributed by atoms with Gasteiger partial charge in [-0.1, -0.05) is 0 Å². The first-order valence-electron chi connectivity index (χ1n) is 8.68. The number of H-pyrrole nitrogens is 1. The average molecular weight is 382 g/mol. The van der Waals surface area contributed by atoms with Crippen LogP contribution in [0.15, 0.2) is 12.5 Å². The van der Waals surface area contributed by atoms with E-state index < -0.39 is 24.0 Å².